The molecular weight excluding hydrogens is 452 g/mol. The average molecular weight is 465 g/mol. The van der Waals surface area contributed by atoms with E-state index in [-0.39, 0.29) is 0 Å². The van der Waals surface area contributed by atoms with Crippen molar-refractivity contribution in [1.29, 1.82) is 0 Å². The first-order valence-corrected chi connectivity index (χ1v) is 8.50. The van der Waals surface area contributed by atoms with Gasteiger partial charge in [0.25, 0.3) is 0 Å². The van der Waals surface area contributed by atoms with E-state index in [9.17, 15) is 5.11 Å². The quantitative estimate of drug-likeness (QED) is 0.615. The Labute approximate surface area is 143 Å². The van der Waals surface area contributed by atoms with Crippen LogP contribution in [-0.2, 0) is 5.60 Å². The first-order chi connectivity index (χ1) is 9.53. The van der Waals surface area contributed by atoms with Gasteiger partial charge in [0.15, 0.2) is 0 Å². The third kappa shape index (κ3) is 3.87. The van der Waals surface area contributed by atoms with E-state index in [0.29, 0.717) is 0 Å². The van der Waals surface area contributed by atoms with Gasteiger partial charge >= 0.3 is 0 Å². The Morgan fingerprint density at radius 1 is 0.950 bits per heavy atom. The number of halogens is 3. The Morgan fingerprint density at radius 3 is 1.95 bits per heavy atom. The predicted molar refractivity (Wildman–Crippen MR) is 89.3 cm³/mol. The molecule has 1 saturated carbocycles. The molecule has 20 heavy (non-hydrogen) atoms. The molecule has 2 aromatic heterocycles. The number of hydrogen-bond donors (Lipinski definition) is 1. The molecule has 1 fully saturated rings. The Hall–Kier alpha value is -0.300. The maximum Gasteiger partial charge on any atom is 0.120 e. The second-order valence-corrected chi connectivity index (χ2v) is 6.86. The molecule has 0 spiro atoms. The van der Waals surface area contributed by atoms with Crippen LogP contribution in [-0.4, -0.2) is 15.1 Å². The van der Waals surface area contributed by atoms with Crippen molar-refractivity contribution >= 4 is 47.8 Å². The highest BCUT2D eigenvalue weighted by molar-refractivity contribution is 9.13. The average Bonchev–Trinajstić information content (AvgIpc) is 2.41. The summed E-state index contributed by atoms with van der Waals surface area (Å²) >= 11 is 9.86. The third-order valence-electron chi connectivity index (χ3n) is 3.15. The van der Waals surface area contributed by atoms with Crippen molar-refractivity contribution in [2.45, 2.75) is 24.9 Å². The lowest BCUT2D eigenvalue weighted by molar-refractivity contribution is -0.0397. The SMILES string of the molecule is Brc1cccnc1Br.OC1(c2cccnc2Br)CCC1. The van der Waals surface area contributed by atoms with Crippen molar-refractivity contribution in [2.75, 3.05) is 0 Å². The van der Waals surface area contributed by atoms with Gasteiger partial charge in [-0.15, -0.1) is 0 Å². The molecule has 0 saturated heterocycles. The monoisotopic (exact) mass is 462 g/mol. The number of pyridine rings is 2. The zero-order valence-electron chi connectivity index (χ0n) is 10.6. The number of nitrogens with zero attached hydrogens (tertiary/aromatic N) is 2. The number of hydrogen-bond acceptors (Lipinski definition) is 3. The van der Waals surface area contributed by atoms with Crippen LogP contribution in [0.1, 0.15) is 24.8 Å². The van der Waals surface area contributed by atoms with Crippen LogP contribution in [0.2, 0.25) is 0 Å². The van der Waals surface area contributed by atoms with E-state index < -0.39 is 5.60 Å². The number of rotatable bonds is 1. The zero-order valence-corrected chi connectivity index (χ0v) is 15.3. The molecular formula is C14H13Br3N2O. The summed E-state index contributed by atoms with van der Waals surface area (Å²) in [5.41, 5.74) is 0.323. The molecule has 2 aromatic rings. The third-order valence-corrected chi connectivity index (χ3v) is 5.59. The molecule has 0 aromatic carbocycles. The van der Waals surface area contributed by atoms with Crippen molar-refractivity contribution in [3.63, 3.8) is 0 Å². The molecule has 3 rings (SSSR count). The van der Waals surface area contributed by atoms with Gasteiger partial charge in [-0.1, -0.05) is 6.07 Å². The Morgan fingerprint density at radius 2 is 1.55 bits per heavy atom. The summed E-state index contributed by atoms with van der Waals surface area (Å²) in [4.78, 5) is 8.03. The van der Waals surface area contributed by atoms with Gasteiger partial charge in [0.2, 0.25) is 0 Å². The summed E-state index contributed by atoms with van der Waals surface area (Å²) in [7, 11) is 0. The van der Waals surface area contributed by atoms with Crippen LogP contribution in [0.4, 0.5) is 0 Å². The predicted octanol–water partition coefficient (Wildman–Crippen LogP) is 4.82. The minimum Gasteiger partial charge on any atom is -0.385 e. The minimum atomic E-state index is -0.604. The van der Waals surface area contributed by atoms with Crippen LogP contribution in [0.25, 0.3) is 0 Å². The van der Waals surface area contributed by atoms with E-state index in [1.807, 2.05) is 24.3 Å². The first kappa shape index (κ1) is 16.1. The molecule has 0 unspecified atom stereocenters. The fourth-order valence-corrected chi connectivity index (χ4v) is 3.01. The van der Waals surface area contributed by atoms with E-state index in [2.05, 4.69) is 57.8 Å². The minimum absolute atomic E-state index is 0.604. The van der Waals surface area contributed by atoms with Gasteiger partial charge < -0.3 is 5.11 Å². The molecule has 0 radical (unpaired) electrons. The van der Waals surface area contributed by atoms with Crippen molar-refractivity contribution in [1.82, 2.24) is 9.97 Å². The van der Waals surface area contributed by atoms with E-state index >= 15 is 0 Å². The molecule has 0 bridgehead atoms. The van der Waals surface area contributed by atoms with Gasteiger partial charge in [0.05, 0.1) is 10.1 Å². The van der Waals surface area contributed by atoms with Gasteiger partial charge in [0, 0.05) is 18.0 Å². The second kappa shape index (κ2) is 7.11. The fourth-order valence-electron chi connectivity index (χ4n) is 1.88. The molecule has 106 valence electrons. The molecule has 3 nitrogen and oxygen atoms in total. The van der Waals surface area contributed by atoms with Gasteiger partial charge in [-0.25, -0.2) is 9.97 Å². The van der Waals surface area contributed by atoms with E-state index in [1.165, 1.54) is 0 Å². The van der Waals surface area contributed by atoms with Crippen LogP contribution < -0.4 is 0 Å². The zero-order chi connectivity index (χ0) is 14.6. The highest BCUT2D eigenvalue weighted by Gasteiger charge is 2.37. The summed E-state index contributed by atoms with van der Waals surface area (Å²) in [6, 6.07) is 7.58. The Bertz CT molecular complexity index is 567. The van der Waals surface area contributed by atoms with Crippen LogP contribution in [0.3, 0.4) is 0 Å². The first-order valence-electron chi connectivity index (χ1n) is 6.12. The lowest BCUT2D eigenvalue weighted by Gasteiger charge is -2.37. The lowest BCUT2D eigenvalue weighted by atomic mass is 9.76. The van der Waals surface area contributed by atoms with E-state index in [1.54, 1.807) is 12.4 Å². The van der Waals surface area contributed by atoms with Crippen LogP contribution >= 0.6 is 47.8 Å². The highest BCUT2D eigenvalue weighted by atomic mass is 79.9. The summed E-state index contributed by atoms with van der Waals surface area (Å²) in [6.45, 7) is 0. The molecule has 2 heterocycles. The number of aromatic nitrogens is 2. The topological polar surface area (TPSA) is 46.0 Å². The Kier molecular flexibility index (Phi) is 5.72. The Balaban J connectivity index is 0.000000160. The number of aliphatic hydroxyl groups is 1. The van der Waals surface area contributed by atoms with E-state index in [0.717, 1.165) is 38.5 Å². The molecule has 1 aliphatic carbocycles. The summed E-state index contributed by atoms with van der Waals surface area (Å²) in [6.07, 6.45) is 6.27. The maximum atomic E-state index is 9.99. The van der Waals surface area contributed by atoms with Gasteiger partial charge in [-0.05, 0) is 85.3 Å². The molecule has 0 amide bonds. The standard InChI is InChI=1S/C9H10BrNO.C5H3Br2N/c10-8-7(3-1-6-11-8)9(12)4-2-5-9;6-4-2-1-3-8-5(4)7/h1,3,6,12H,2,4-5H2;1-3H. The van der Waals surface area contributed by atoms with Crippen LogP contribution in [0.5, 0.6) is 0 Å². The van der Waals surface area contributed by atoms with Crippen molar-refractivity contribution in [3.8, 4) is 0 Å². The molecule has 6 heteroatoms. The molecule has 0 atom stereocenters. The van der Waals surface area contributed by atoms with Crippen molar-refractivity contribution in [2.24, 2.45) is 0 Å². The maximum absolute atomic E-state index is 9.99. The summed E-state index contributed by atoms with van der Waals surface area (Å²) in [5, 5.41) is 9.99. The molecule has 1 aliphatic rings. The van der Waals surface area contributed by atoms with Crippen LogP contribution in [0.15, 0.2) is 50.3 Å². The molecule has 0 aliphatic heterocycles. The van der Waals surface area contributed by atoms with Gasteiger partial charge in [-0.2, -0.15) is 0 Å². The van der Waals surface area contributed by atoms with Gasteiger partial charge in [-0.3, -0.25) is 0 Å². The highest BCUT2D eigenvalue weighted by Crippen LogP contribution is 2.42. The fraction of sp³-hybridized carbons (Fsp3) is 0.286. The normalized spacial score (nSPS) is 15.8. The van der Waals surface area contributed by atoms with Crippen LogP contribution in [0, 0.1) is 0 Å². The second-order valence-electron chi connectivity index (χ2n) is 4.50. The van der Waals surface area contributed by atoms with E-state index in [4.69, 9.17) is 0 Å². The smallest absolute Gasteiger partial charge is 0.120 e. The lowest BCUT2D eigenvalue weighted by Crippen LogP contribution is -2.34. The van der Waals surface area contributed by atoms with Crippen molar-refractivity contribution < 1.29 is 5.11 Å². The van der Waals surface area contributed by atoms with Gasteiger partial charge in [0.1, 0.15) is 9.21 Å². The molecule has 1 N–H and O–H groups in total. The largest absolute Gasteiger partial charge is 0.385 e. The summed E-state index contributed by atoms with van der Waals surface area (Å²) in [5.74, 6) is 0. The van der Waals surface area contributed by atoms with Crippen molar-refractivity contribution in [3.05, 3.63) is 55.9 Å². The summed E-state index contributed by atoms with van der Waals surface area (Å²) < 4.78 is 2.60.